The van der Waals surface area contributed by atoms with Gasteiger partial charge in [-0.1, -0.05) is 0 Å². The number of hydrogen-bond donors (Lipinski definition) is 1. The number of nitrogens with one attached hydrogen (secondary N) is 1. The van der Waals surface area contributed by atoms with Gasteiger partial charge >= 0.3 is 0 Å². The Hall–Kier alpha value is -2.62. The maximum atomic E-state index is 12.7. The molecule has 1 saturated heterocycles. The van der Waals surface area contributed by atoms with Crippen molar-refractivity contribution in [1.82, 2.24) is 5.01 Å². The van der Waals surface area contributed by atoms with Gasteiger partial charge in [-0.2, -0.15) is 5.10 Å². The van der Waals surface area contributed by atoms with Crippen LogP contribution in [-0.4, -0.2) is 54.3 Å². The Bertz CT molecular complexity index is 1040. The number of carbonyl (C=O) groups is 2. The van der Waals surface area contributed by atoms with Gasteiger partial charge in [-0.05, 0) is 31.4 Å². The normalized spacial score (nSPS) is 26.1. The van der Waals surface area contributed by atoms with E-state index in [0.717, 1.165) is 25.7 Å². The van der Waals surface area contributed by atoms with Gasteiger partial charge in [0.25, 0.3) is 11.7 Å². The quantitative estimate of drug-likeness (QED) is 0.778. The zero-order valence-electron chi connectivity index (χ0n) is 16.4. The molecule has 1 aromatic carbocycles. The van der Waals surface area contributed by atoms with E-state index >= 15 is 0 Å². The van der Waals surface area contributed by atoms with E-state index < -0.39 is 27.6 Å². The summed E-state index contributed by atoms with van der Waals surface area (Å²) in [6.07, 6.45) is 4.52. The Morgan fingerprint density at radius 2 is 1.93 bits per heavy atom. The van der Waals surface area contributed by atoms with Crippen molar-refractivity contribution in [1.29, 1.82) is 0 Å². The molecule has 0 bridgehead atoms. The van der Waals surface area contributed by atoms with Crippen molar-refractivity contribution in [3.05, 3.63) is 18.2 Å². The van der Waals surface area contributed by atoms with Crippen LogP contribution in [0.4, 0.5) is 5.69 Å². The van der Waals surface area contributed by atoms with Crippen LogP contribution in [0.15, 0.2) is 23.3 Å². The predicted octanol–water partition coefficient (Wildman–Crippen LogP) is 1.83. The van der Waals surface area contributed by atoms with Gasteiger partial charge < -0.3 is 14.8 Å². The van der Waals surface area contributed by atoms with Crippen molar-refractivity contribution in [3.63, 3.8) is 0 Å². The second-order valence-corrected chi connectivity index (χ2v) is 10.5. The minimum absolute atomic E-state index is 0.0389. The summed E-state index contributed by atoms with van der Waals surface area (Å²) < 4.78 is 35.5. The molecule has 4 aliphatic rings. The molecule has 10 heteroatoms. The standard InChI is InChI=1S/C20H23N3O6S/c24-18-6-4-15(22-23(18)14-7-10-30(26,27)12-14)19(25)21-13-3-5-16-17(11-13)29-20(28-16)8-1-2-9-20/h3,5,11,14H,1-2,4,6-10,12H2,(H,21,25). The van der Waals surface area contributed by atoms with Crippen molar-refractivity contribution in [2.45, 2.75) is 56.8 Å². The van der Waals surface area contributed by atoms with E-state index in [1.807, 2.05) is 0 Å². The summed E-state index contributed by atoms with van der Waals surface area (Å²) in [6.45, 7) is 0. The van der Waals surface area contributed by atoms with E-state index in [-0.39, 0.29) is 36.0 Å². The lowest BCUT2D eigenvalue weighted by Crippen LogP contribution is -2.42. The molecule has 0 radical (unpaired) electrons. The number of benzene rings is 1. The summed E-state index contributed by atoms with van der Waals surface area (Å²) in [7, 11) is -3.16. The molecule has 2 fully saturated rings. The Morgan fingerprint density at radius 1 is 1.17 bits per heavy atom. The molecule has 9 nitrogen and oxygen atoms in total. The van der Waals surface area contributed by atoms with Crippen LogP contribution in [0.25, 0.3) is 0 Å². The average molecular weight is 433 g/mol. The number of hydrazone groups is 1. The van der Waals surface area contributed by atoms with Crippen molar-refractivity contribution < 1.29 is 27.5 Å². The van der Waals surface area contributed by atoms with Crippen molar-refractivity contribution in [3.8, 4) is 11.5 Å². The Balaban J connectivity index is 1.30. The van der Waals surface area contributed by atoms with Gasteiger partial charge in [0.2, 0.25) is 5.91 Å². The molecule has 3 heterocycles. The first-order valence-corrected chi connectivity index (χ1v) is 12.1. The van der Waals surface area contributed by atoms with Crippen LogP contribution in [0.5, 0.6) is 11.5 Å². The summed E-state index contributed by atoms with van der Waals surface area (Å²) in [5, 5.41) is 8.19. The number of rotatable bonds is 3. The highest BCUT2D eigenvalue weighted by molar-refractivity contribution is 7.91. The summed E-state index contributed by atoms with van der Waals surface area (Å²) in [4.78, 5) is 25.0. The largest absolute Gasteiger partial charge is 0.448 e. The van der Waals surface area contributed by atoms with Crippen molar-refractivity contribution >= 4 is 33.1 Å². The fourth-order valence-corrected chi connectivity index (χ4v) is 6.17. The summed E-state index contributed by atoms with van der Waals surface area (Å²) >= 11 is 0. The van der Waals surface area contributed by atoms with Gasteiger partial charge in [0, 0.05) is 37.4 Å². The van der Waals surface area contributed by atoms with E-state index in [0.29, 0.717) is 23.6 Å². The van der Waals surface area contributed by atoms with Gasteiger partial charge in [0.1, 0.15) is 5.71 Å². The number of nitrogens with zero attached hydrogens (tertiary/aromatic N) is 2. The van der Waals surface area contributed by atoms with Crippen molar-refractivity contribution in [2.24, 2.45) is 5.10 Å². The van der Waals surface area contributed by atoms with Gasteiger partial charge in [0.05, 0.1) is 17.5 Å². The number of fused-ring (bicyclic) bond motifs is 1. The lowest BCUT2D eigenvalue weighted by atomic mass is 10.1. The average Bonchev–Trinajstić information content (AvgIpc) is 3.40. The Morgan fingerprint density at radius 3 is 2.67 bits per heavy atom. The molecule has 0 aromatic heterocycles. The molecule has 2 amide bonds. The molecule has 3 aliphatic heterocycles. The highest BCUT2D eigenvalue weighted by Gasteiger charge is 2.44. The molecule has 1 aliphatic carbocycles. The van der Waals surface area contributed by atoms with Crippen LogP contribution in [0.3, 0.4) is 0 Å². The van der Waals surface area contributed by atoms with Crippen LogP contribution >= 0.6 is 0 Å². The van der Waals surface area contributed by atoms with E-state index in [2.05, 4.69) is 10.4 Å². The van der Waals surface area contributed by atoms with E-state index in [9.17, 15) is 18.0 Å². The second kappa shape index (κ2) is 6.97. The molecule has 5 rings (SSSR count). The number of ether oxygens (including phenoxy) is 2. The predicted molar refractivity (Wildman–Crippen MR) is 108 cm³/mol. The molecule has 1 N–H and O–H groups in total. The van der Waals surface area contributed by atoms with Crippen LogP contribution in [0, 0.1) is 0 Å². The molecule has 1 aromatic rings. The van der Waals surface area contributed by atoms with Gasteiger partial charge in [0.15, 0.2) is 21.3 Å². The monoisotopic (exact) mass is 433 g/mol. The number of hydrogen-bond acceptors (Lipinski definition) is 7. The van der Waals surface area contributed by atoms with Crippen LogP contribution in [-0.2, 0) is 19.4 Å². The SMILES string of the molecule is O=C(Nc1ccc2c(c1)OC1(CCCC1)O2)C1=NN(C2CCS(=O)(=O)C2)C(=O)CC1. The smallest absolute Gasteiger partial charge is 0.271 e. The van der Waals surface area contributed by atoms with Crippen LogP contribution in [0.2, 0.25) is 0 Å². The number of sulfone groups is 1. The summed E-state index contributed by atoms with van der Waals surface area (Å²) in [6, 6.07) is 4.75. The molecule has 30 heavy (non-hydrogen) atoms. The maximum Gasteiger partial charge on any atom is 0.271 e. The third-order valence-corrected chi connectivity index (χ3v) is 7.79. The van der Waals surface area contributed by atoms with Gasteiger partial charge in [-0.25, -0.2) is 13.4 Å². The Labute approximate surface area is 174 Å². The van der Waals surface area contributed by atoms with E-state index in [1.54, 1.807) is 18.2 Å². The zero-order chi connectivity index (χ0) is 20.9. The fraction of sp³-hybridized carbons (Fsp3) is 0.550. The molecule has 1 spiro atoms. The second-order valence-electron chi connectivity index (χ2n) is 8.28. The van der Waals surface area contributed by atoms with Crippen LogP contribution in [0.1, 0.15) is 44.9 Å². The van der Waals surface area contributed by atoms with E-state index in [4.69, 9.17) is 9.47 Å². The third-order valence-electron chi connectivity index (χ3n) is 6.03. The summed E-state index contributed by atoms with van der Waals surface area (Å²) in [5.74, 6) is -0.0298. The number of anilines is 1. The summed E-state index contributed by atoms with van der Waals surface area (Å²) in [5.41, 5.74) is 0.760. The molecular weight excluding hydrogens is 410 g/mol. The highest BCUT2D eigenvalue weighted by atomic mass is 32.2. The van der Waals surface area contributed by atoms with Gasteiger partial charge in [-0.15, -0.1) is 0 Å². The fourth-order valence-electron chi connectivity index (χ4n) is 4.48. The first kappa shape index (κ1) is 19.3. The molecule has 1 saturated carbocycles. The lowest BCUT2D eigenvalue weighted by Gasteiger charge is -2.27. The highest BCUT2D eigenvalue weighted by Crippen LogP contribution is 2.47. The molecule has 160 valence electrons. The first-order chi connectivity index (χ1) is 14.3. The lowest BCUT2D eigenvalue weighted by molar-refractivity contribution is -0.133. The number of carbonyl (C=O) groups excluding carboxylic acids is 2. The third kappa shape index (κ3) is 3.53. The minimum atomic E-state index is -3.16. The van der Waals surface area contributed by atoms with E-state index in [1.165, 1.54) is 5.01 Å². The molecular formula is C20H23N3O6S. The molecule has 1 atom stereocenters. The number of amides is 2. The molecule has 1 unspecified atom stereocenters. The van der Waals surface area contributed by atoms with Crippen molar-refractivity contribution in [2.75, 3.05) is 16.8 Å². The maximum absolute atomic E-state index is 12.7. The minimum Gasteiger partial charge on any atom is -0.448 e. The Kier molecular flexibility index (Phi) is 4.49. The first-order valence-electron chi connectivity index (χ1n) is 10.3. The van der Waals surface area contributed by atoms with Gasteiger partial charge in [-0.3, -0.25) is 9.59 Å². The topological polar surface area (TPSA) is 114 Å². The van der Waals surface area contributed by atoms with Crippen LogP contribution < -0.4 is 14.8 Å². The zero-order valence-corrected chi connectivity index (χ0v) is 17.2.